The van der Waals surface area contributed by atoms with Gasteiger partial charge in [-0.05, 0) is 18.2 Å². The van der Waals surface area contributed by atoms with Gasteiger partial charge in [-0.3, -0.25) is 4.98 Å². The van der Waals surface area contributed by atoms with Gasteiger partial charge in [-0.2, -0.15) is 13.2 Å². The molecule has 9 heteroatoms. The number of hydrogen-bond donors (Lipinski definition) is 0. The van der Waals surface area contributed by atoms with Crippen molar-refractivity contribution >= 4 is 34.8 Å². The largest absolute Gasteiger partial charge is 0.417 e. The van der Waals surface area contributed by atoms with Gasteiger partial charge in [-0.25, -0.2) is 4.79 Å². The number of carbonyl (C=O) groups excluding carboxylic acids is 1. The van der Waals surface area contributed by atoms with Crippen LogP contribution in [0.4, 0.5) is 18.9 Å². The van der Waals surface area contributed by atoms with E-state index < -0.39 is 18.0 Å². The van der Waals surface area contributed by atoms with E-state index >= 15 is 0 Å². The minimum atomic E-state index is -4.53. The highest BCUT2D eigenvalue weighted by Gasteiger charge is 2.33. The molecule has 1 atom stereocenters. The van der Waals surface area contributed by atoms with E-state index in [1.54, 1.807) is 23.1 Å². The van der Waals surface area contributed by atoms with Crippen LogP contribution >= 0.6 is 23.2 Å². The van der Waals surface area contributed by atoms with Crippen molar-refractivity contribution in [2.75, 3.05) is 18.6 Å². The molecule has 4 nitrogen and oxygen atoms in total. The van der Waals surface area contributed by atoms with Gasteiger partial charge in [-0.15, -0.1) is 0 Å². The van der Waals surface area contributed by atoms with Crippen LogP contribution in [-0.4, -0.2) is 30.8 Å². The summed E-state index contributed by atoms with van der Waals surface area (Å²) < 4.78 is 43.8. The Hall–Kier alpha value is -2.05. The van der Waals surface area contributed by atoms with Crippen LogP contribution in [0.1, 0.15) is 12.0 Å². The minimum absolute atomic E-state index is 0.128. The third-order valence-electron chi connectivity index (χ3n) is 4.26. The maximum atomic E-state index is 12.8. The molecule has 0 bridgehead atoms. The fourth-order valence-electron chi connectivity index (χ4n) is 2.97. The normalized spacial score (nSPS) is 17.3. The zero-order chi connectivity index (χ0) is 19.8. The molecule has 1 fully saturated rings. The number of halogens is 5. The van der Waals surface area contributed by atoms with E-state index in [1.807, 2.05) is 5.94 Å². The fourth-order valence-corrected chi connectivity index (χ4v) is 3.47. The summed E-state index contributed by atoms with van der Waals surface area (Å²) in [6.07, 6.45) is -3.93. The number of benzene rings is 1. The van der Waals surface area contributed by atoms with E-state index in [4.69, 9.17) is 27.9 Å². The number of ether oxygens (including phenoxy) is 1. The summed E-state index contributed by atoms with van der Waals surface area (Å²) in [6.45, 7) is 0.487. The highest BCUT2D eigenvalue weighted by atomic mass is 35.5. The van der Waals surface area contributed by atoms with E-state index in [0.717, 1.165) is 12.3 Å². The van der Waals surface area contributed by atoms with Crippen LogP contribution in [-0.2, 0) is 15.7 Å². The molecule has 1 aliphatic rings. The lowest BCUT2D eigenvalue weighted by molar-refractivity contribution is -0.137. The highest BCUT2D eigenvalue weighted by Crippen LogP contribution is 2.39. The molecule has 1 aromatic heterocycles. The maximum Gasteiger partial charge on any atom is 0.417 e. The van der Waals surface area contributed by atoms with Crippen LogP contribution in [0.15, 0.2) is 36.0 Å². The summed E-state index contributed by atoms with van der Waals surface area (Å²) in [5.41, 5.74) is 0.785. The fraction of sp³-hybridized carbons (Fsp3) is 0.278. The lowest BCUT2D eigenvalue weighted by Crippen LogP contribution is -2.31. The Morgan fingerprint density at radius 2 is 2.00 bits per heavy atom. The van der Waals surface area contributed by atoms with Crippen LogP contribution in [0, 0.1) is 0 Å². The Balaban J connectivity index is 2.03. The van der Waals surface area contributed by atoms with Crippen molar-refractivity contribution in [3.63, 3.8) is 0 Å². The molecule has 0 radical (unpaired) electrons. The third-order valence-corrected chi connectivity index (χ3v) is 4.86. The second-order valence-electron chi connectivity index (χ2n) is 5.88. The van der Waals surface area contributed by atoms with Crippen molar-refractivity contribution in [1.82, 2.24) is 4.98 Å². The van der Waals surface area contributed by atoms with E-state index in [2.05, 4.69) is 4.98 Å². The Bertz CT molecular complexity index is 927. The number of aromatic nitrogens is 1. The Labute approximate surface area is 163 Å². The molecule has 0 N–H and O–H groups in total. The van der Waals surface area contributed by atoms with Gasteiger partial charge in [0.25, 0.3) is 0 Å². The molecule has 0 saturated carbocycles. The molecule has 3 rings (SSSR count). The molecular formula is C18H13Cl2F3N2O2. The van der Waals surface area contributed by atoms with Gasteiger partial charge in [0.1, 0.15) is 5.94 Å². The van der Waals surface area contributed by atoms with Crippen molar-refractivity contribution in [3.05, 3.63) is 51.6 Å². The van der Waals surface area contributed by atoms with Crippen LogP contribution < -0.4 is 4.90 Å². The van der Waals surface area contributed by atoms with Gasteiger partial charge in [-0.1, -0.05) is 29.3 Å². The maximum absolute atomic E-state index is 12.8. The van der Waals surface area contributed by atoms with E-state index in [0.29, 0.717) is 34.8 Å². The van der Waals surface area contributed by atoms with Crippen molar-refractivity contribution in [2.24, 2.45) is 0 Å². The zero-order valence-electron chi connectivity index (χ0n) is 14.0. The summed E-state index contributed by atoms with van der Waals surface area (Å²) in [5, 5.41) is 0.271. The summed E-state index contributed by atoms with van der Waals surface area (Å²) in [4.78, 5) is 16.7. The van der Waals surface area contributed by atoms with Gasteiger partial charge in [0.15, 0.2) is 6.23 Å². The molecular weight excluding hydrogens is 404 g/mol. The van der Waals surface area contributed by atoms with Gasteiger partial charge in [0.2, 0.25) is 0 Å². The first kappa shape index (κ1) is 19.7. The third kappa shape index (κ3) is 3.82. The molecule has 2 heterocycles. The van der Waals surface area contributed by atoms with Gasteiger partial charge >= 0.3 is 6.18 Å². The molecule has 0 amide bonds. The predicted octanol–water partition coefficient (Wildman–Crippen LogP) is 5.01. The Morgan fingerprint density at radius 3 is 2.59 bits per heavy atom. The molecule has 142 valence electrons. The molecule has 0 spiro atoms. The molecule has 0 unspecified atom stereocenters. The standard InChI is InChI=1S/C18H13Cl2F3N2O2/c1-27-17-11(9-26)4-5-25(17)15-6-10(2-3-13(15)19)16-14(20)7-12(8-24-16)18(21,22)23/h2-3,6-8,17H,4-5H2,1H3/t17-/m0/s1. The van der Waals surface area contributed by atoms with Crippen molar-refractivity contribution in [2.45, 2.75) is 18.8 Å². The SMILES string of the molecule is CO[C@H]1C(=C=O)CCN1c1cc(-c2ncc(C(F)(F)F)cc2Cl)ccc1Cl. The predicted molar refractivity (Wildman–Crippen MR) is 96.7 cm³/mol. The van der Waals surface area contributed by atoms with Crippen LogP contribution in [0.2, 0.25) is 10.0 Å². The molecule has 2 aromatic rings. The quantitative estimate of drug-likeness (QED) is 0.659. The molecule has 1 saturated heterocycles. The van der Waals surface area contributed by atoms with Gasteiger partial charge in [0, 0.05) is 31.8 Å². The van der Waals surface area contributed by atoms with Crippen molar-refractivity contribution in [1.29, 1.82) is 0 Å². The highest BCUT2D eigenvalue weighted by molar-refractivity contribution is 6.34. The molecule has 0 aliphatic carbocycles. The molecule has 1 aliphatic heterocycles. The number of anilines is 1. The first-order valence-corrected chi connectivity index (χ1v) is 8.58. The summed E-state index contributed by atoms with van der Waals surface area (Å²) in [6, 6.07) is 5.70. The number of methoxy groups -OCH3 is 1. The van der Waals surface area contributed by atoms with E-state index in [1.165, 1.54) is 7.11 Å². The van der Waals surface area contributed by atoms with Gasteiger partial charge < -0.3 is 9.64 Å². The average molecular weight is 417 g/mol. The van der Waals surface area contributed by atoms with Crippen LogP contribution in [0.25, 0.3) is 11.3 Å². The number of hydrogen-bond acceptors (Lipinski definition) is 4. The Kier molecular flexibility index (Phi) is 5.49. The summed E-state index contributed by atoms with van der Waals surface area (Å²) in [5.74, 6) is 1.88. The first-order chi connectivity index (χ1) is 12.8. The smallest absolute Gasteiger partial charge is 0.357 e. The van der Waals surface area contributed by atoms with Crippen molar-refractivity contribution < 1.29 is 22.7 Å². The van der Waals surface area contributed by atoms with E-state index in [-0.39, 0.29) is 10.7 Å². The minimum Gasteiger partial charge on any atom is -0.357 e. The van der Waals surface area contributed by atoms with Gasteiger partial charge in [0.05, 0.1) is 32.6 Å². The summed E-state index contributed by atoms with van der Waals surface area (Å²) in [7, 11) is 1.46. The first-order valence-electron chi connectivity index (χ1n) is 7.82. The van der Waals surface area contributed by atoms with Crippen molar-refractivity contribution in [3.8, 4) is 11.3 Å². The topological polar surface area (TPSA) is 42.4 Å². The second kappa shape index (κ2) is 7.52. The zero-order valence-corrected chi connectivity index (χ0v) is 15.5. The Morgan fingerprint density at radius 1 is 1.26 bits per heavy atom. The lowest BCUT2D eigenvalue weighted by atomic mass is 10.1. The second-order valence-corrected chi connectivity index (χ2v) is 6.69. The average Bonchev–Trinajstić information content (AvgIpc) is 3.04. The van der Waals surface area contributed by atoms with Crippen LogP contribution in [0.5, 0.6) is 0 Å². The number of rotatable bonds is 3. The van der Waals surface area contributed by atoms with E-state index in [9.17, 15) is 18.0 Å². The molecule has 27 heavy (non-hydrogen) atoms. The number of pyridine rings is 1. The van der Waals surface area contributed by atoms with Crippen LogP contribution in [0.3, 0.4) is 0 Å². The lowest BCUT2D eigenvalue weighted by Gasteiger charge is -2.26. The number of nitrogens with zero attached hydrogens (tertiary/aromatic N) is 2. The summed E-state index contributed by atoms with van der Waals surface area (Å²) >= 11 is 12.3. The number of alkyl halides is 3. The molecule has 1 aromatic carbocycles. The monoisotopic (exact) mass is 416 g/mol.